The molecule has 0 unspecified atom stereocenters. The average Bonchev–Trinajstić information content (AvgIpc) is 2.16. The molecule has 0 saturated carbocycles. The number of hydrogen-bond acceptors (Lipinski definition) is 2. The quantitative estimate of drug-likeness (QED) is 0.522. The molecule has 0 amide bonds. The lowest BCUT2D eigenvalue weighted by Gasteiger charge is -2.31. The van der Waals surface area contributed by atoms with Gasteiger partial charge in [-0.1, -0.05) is 26.0 Å². The number of nitro benzene ring substituents is 1. The van der Waals surface area contributed by atoms with Crippen molar-refractivity contribution >= 4 is 5.69 Å². The number of fused-ring (bicyclic) bond motifs is 1. The second-order valence-electron chi connectivity index (χ2n) is 4.80. The topological polar surface area (TPSA) is 43.1 Å². The molecule has 1 aliphatic rings. The average molecular weight is 205 g/mol. The van der Waals surface area contributed by atoms with Gasteiger partial charge in [-0.2, -0.15) is 0 Å². The summed E-state index contributed by atoms with van der Waals surface area (Å²) in [6, 6.07) is 5.44. The molecule has 0 saturated heterocycles. The van der Waals surface area contributed by atoms with Crippen LogP contribution in [0.1, 0.15) is 37.8 Å². The van der Waals surface area contributed by atoms with Crippen molar-refractivity contribution in [1.82, 2.24) is 0 Å². The maximum absolute atomic E-state index is 10.9. The zero-order valence-electron chi connectivity index (χ0n) is 9.12. The van der Waals surface area contributed by atoms with Gasteiger partial charge >= 0.3 is 0 Å². The molecular weight excluding hydrogens is 190 g/mol. The molecule has 0 atom stereocenters. The fourth-order valence-electron chi connectivity index (χ4n) is 2.48. The Morgan fingerprint density at radius 2 is 2.13 bits per heavy atom. The minimum absolute atomic E-state index is 0.0829. The zero-order chi connectivity index (χ0) is 11.1. The Morgan fingerprint density at radius 1 is 1.40 bits per heavy atom. The maximum atomic E-state index is 10.9. The highest BCUT2D eigenvalue weighted by Gasteiger charge is 2.31. The van der Waals surface area contributed by atoms with E-state index in [0.717, 1.165) is 30.4 Å². The summed E-state index contributed by atoms with van der Waals surface area (Å²) in [5.41, 5.74) is 2.47. The Labute approximate surface area is 89.3 Å². The molecule has 0 aromatic heterocycles. The number of nitrogens with zero attached hydrogens (tertiary/aromatic N) is 1. The Morgan fingerprint density at radius 3 is 2.80 bits per heavy atom. The first-order valence-corrected chi connectivity index (χ1v) is 5.29. The highest BCUT2D eigenvalue weighted by Crippen LogP contribution is 2.40. The van der Waals surface area contributed by atoms with E-state index in [4.69, 9.17) is 0 Å². The molecule has 0 radical (unpaired) electrons. The standard InChI is InChI=1S/C12H15NO2/c1-12(2)8-4-5-9-10(12)6-3-7-11(9)13(14)15/h3,6-7H,4-5,8H2,1-2H3. The number of nitro groups is 1. The molecule has 3 nitrogen and oxygen atoms in total. The molecule has 0 N–H and O–H groups in total. The van der Waals surface area contributed by atoms with Gasteiger partial charge in [0.15, 0.2) is 0 Å². The summed E-state index contributed by atoms with van der Waals surface area (Å²) in [6.07, 6.45) is 3.00. The first kappa shape index (κ1) is 10.1. The van der Waals surface area contributed by atoms with E-state index in [1.165, 1.54) is 0 Å². The van der Waals surface area contributed by atoms with Gasteiger partial charge in [0.05, 0.1) is 4.92 Å². The molecule has 0 aliphatic heterocycles. The van der Waals surface area contributed by atoms with Crippen LogP contribution in [0.3, 0.4) is 0 Å². The smallest absolute Gasteiger partial charge is 0.258 e. The van der Waals surface area contributed by atoms with E-state index in [9.17, 15) is 10.1 Å². The lowest BCUT2D eigenvalue weighted by molar-refractivity contribution is -0.385. The summed E-state index contributed by atoms with van der Waals surface area (Å²) < 4.78 is 0. The van der Waals surface area contributed by atoms with E-state index in [2.05, 4.69) is 13.8 Å². The van der Waals surface area contributed by atoms with E-state index in [-0.39, 0.29) is 10.3 Å². The van der Waals surface area contributed by atoms with E-state index < -0.39 is 0 Å². The van der Waals surface area contributed by atoms with Gasteiger partial charge in [0.25, 0.3) is 5.69 Å². The Hall–Kier alpha value is -1.38. The van der Waals surface area contributed by atoms with Crippen LogP contribution in [0.25, 0.3) is 0 Å². The monoisotopic (exact) mass is 205 g/mol. The van der Waals surface area contributed by atoms with Crippen LogP contribution in [0.5, 0.6) is 0 Å². The molecule has 0 spiro atoms. The van der Waals surface area contributed by atoms with E-state index in [1.54, 1.807) is 12.1 Å². The molecule has 15 heavy (non-hydrogen) atoms. The summed E-state index contributed by atoms with van der Waals surface area (Å²) in [7, 11) is 0. The van der Waals surface area contributed by atoms with Crippen molar-refractivity contribution in [2.45, 2.75) is 38.5 Å². The van der Waals surface area contributed by atoms with Gasteiger partial charge < -0.3 is 0 Å². The fraction of sp³-hybridized carbons (Fsp3) is 0.500. The molecule has 0 bridgehead atoms. The highest BCUT2D eigenvalue weighted by atomic mass is 16.6. The molecule has 0 heterocycles. The lowest BCUT2D eigenvalue weighted by Crippen LogP contribution is -2.24. The van der Waals surface area contributed by atoms with E-state index in [0.29, 0.717) is 5.69 Å². The first-order chi connectivity index (χ1) is 7.02. The molecule has 0 fully saturated rings. The number of rotatable bonds is 1. The Kier molecular flexibility index (Phi) is 2.25. The SMILES string of the molecule is CC1(C)CCCc2c([N+](=O)[O-])cccc21. The van der Waals surface area contributed by atoms with Gasteiger partial charge in [-0.3, -0.25) is 10.1 Å². The predicted octanol–water partition coefficient (Wildman–Crippen LogP) is 3.21. The molecule has 3 heteroatoms. The van der Waals surface area contributed by atoms with Crippen molar-refractivity contribution in [2.75, 3.05) is 0 Å². The van der Waals surface area contributed by atoms with Crippen LogP contribution in [0.15, 0.2) is 18.2 Å². The maximum Gasteiger partial charge on any atom is 0.272 e. The molecule has 1 aromatic carbocycles. The first-order valence-electron chi connectivity index (χ1n) is 5.29. The Balaban J connectivity index is 2.61. The van der Waals surface area contributed by atoms with Crippen molar-refractivity contribution in [3.8, 4) is 0 Å². The molecule has 1 aromatic rings. The van der Waals surface area contributed by atoms with Gasteiger partial charge in [0.1, 0.15) is 0 Å². The van der Waals surface area contributed by atoms with Crippen molar-refractivity contribution in [3.05, 3.63) is 39.4 Å². The fourth-order valence-corrected chi connectivity index (χ4v) is 2.48. The molecule has 2 rings (SSSR count). The predicted molar refractivity (Wildman–Crippen MR) is 59.1 cm³/mol. The highest BCUT2D eigenvalue weighted by molar-refractivity contribution is 5.49. The van der Waals surface area contributed by atoms with Crippen LogP contribution in [-0.4, -0.2) is 4.92 Å². The largest absolute Gasteiger partial charge is 0.272 e. The van der Waals surface area contributed by atoms with Crippen molar-refractivity contribution in [2.24, 2.45) is 0 Å². The third-order valence-corrected chi connectivity index (χ3v) is 3.31. The summed E-state index contributed by atoms with van der Waals surface area (Å²) >= 11 is 0. The second-order valence-corrected chi connectivity index (χ2v) is 4.80. The zero-order valence-corrected chi connectivity index (χ0v) is 9.12. The summed E-state index contributed by atoms with van der Waals surface area (Å²) in [4.78, 5) is 10.6. The minimum Gasteiger partial charge on any atom is -0.258 e. The minimum atomic E-state index is -0.264. The van der Waals surface area contributed by atoms with Crippen LogP contribution in [-0.2, 0) is 11.8 Å². The van der Waals surface area contributed by atoms with Gasteiger partial charge in [-0.05, 0) is 30.2 Å². The lowest BCUT2D eigenvalue weighted by atomic mass is 9.72. The summed E-state index contributed by atoms with van der Waals surface area (Å²) in [5, 5.41) is 10.9. The van der Waals surface area contributed by atoms with Crippen LogP contribution in [0, 0.1) is 10.1 Å². The van der Waals surface area contributed by atoms with Crippen LogP contribution in [0.4, 0.5) is 5.69 Å². The van der Waals surface area contributed by atoms with Gasteiger partial charge in [0.2, 0.25) is 0 Å². The normalized spacial score (nSPS) is 18.3. The summed E-state index contributed by atoms with van der Waals surface area (Å²) in [6.45, 7) is 4.32. The Bertz CT molecular complexity index is 410. The molecule has 1 aliphatic carbocycles. The summed E-state index contributed by atoms with van der Waals surface area (Å²) in [5.74, 6) is 0. The van der Waals surface area contributed by atoms with Gasteiger partial charge in [0, 0.05) is 11.6 Å². The van der Waals surface area contributed by atoms with Crippen LogP contribution < -0.4 is 0 Å². The number of hydrogen-bond donors (Lipinski definition) is 0. The van der Waals surface area contributed by atoms with Crippen LogP contribution in [0.2, 0.25) is 0 Å². The van der Waals surface area contributed by atoms with Crippen molar-refractivity contribution in [3.63, 3.8) is 0 Å². The molecule has 80 valence electrons. The van der Waals surface area contributed by atoms with E-state index >= 15 is 0 Å². The van der Waals surface area contributed by atoms with E-state index in [1.807, 2.05) is 6.07 Å². The second kappa shape index (κ2) is 3.33. The van der Waals surface area contributed by atoms with Gasteiger partial charge in [-0.25, -0.2) is 0 Å². The van der Waals surface area contributed by atoms with Crippen molar-refractivity contribution in [1.29, 1.82) is 0 Å². The van der Waals surface area contributed by atoms with Crippen LogP contribution >= 0.6 is 0 Å². The van der Waals surface area contributed by atoms with Gasteiger partial charge in [-0.15, -0.1) is 0 Å². The van der Waals surface area contributed by atoms with Crippen molar-refractivity contribution < 1.29 is 4.92 Å². The number of benzene rings is 1. The third kappa shape index (κ3) is 1.62. The third-order valence-electron chi connectivity index (χ3n) is 3.31. The molecular formula is C12H15NO2.